The molecule has 27 heavy (non-hydrogen) atoms. The van der Waals surface area contributed by atoms with E-state index in [9.17, 15) is 8.78 Å². The van der Waals surface area contributed by atoms with Crippen LogP contribution in [0.1, 0.15) is 35.2 Å². The monoisotopic (exact) mass is 390 g/mol. The first-order valence-electron chi connectivity index (χ1n) is 8.48. The summed E-state index contributed by atoms with van der Waals surface area (Å²) in [4.78, 5) is 4.27. The number of aromatic nitrogens is 3. The molecule has 1 N–H and O–H groups in total. The van der Waals surface area contributed by atoms with Gasteiger partial charge in [0.05, 0.1) is 12.1 Å². The van der Waals surface area contributed by atoms with Gasteiger partial charge in [-0.25, -0.2) is 4.68 Å². The van der Waals surface area contributed by atoms with Gasteiger partial charge in [-0.15, -0.1) is 0 Å². The predicted octanol–water partition coefficient (Wildman–Crippen LogP) is 4.99. The Morgan fingerprint density at radius 2 is 2.04 bits per heavy atom. The van der Waals surface area contributed by atoms with Crippen molar-refractivity contribution in [3.63, 3.8) is 0 Å². The van der Waals surface area contributed by atoms with Gasteiger partial charge in [0.2, 0.25) is 5.95 Å². The maximum atomic E-state index is 12.9. The Hall–Kier alpha value is -2.67. The molecule has 140 valence electrons. The topological polar surface area (TPSA) is 52.0 Å². The van der Waals surface area contributed by atoms with Crippen molar-refractivity contribution >= 4 is 17.5 Å². The lowest BCUT2D eigenvalue weighted by Gasteiger charge is -2.33. The van der Waals surface area contributed by atoms with Crippen LogP contribution in [-0.4, -0.2) is 21.4 Å². The van der Waals surface area contributed by atoms with Crippen LogP contribution >= 0.6 is 11.6 Å². The third kappa shape index (κ3) is 3.47. The summed E-state index contributed by atoms with van der Waals surface area (Å²) >= 11 is 5.98. The zero-order chi connectivity index (χ0) is 19.0. The van der Waals surface area contributed by atoms with E-state index in [0.29, 0.717) is 23.0 Å². The Kier molecular flexibility index (Phi) is 4.70. The van der Waals surface area contributed by atoms with Gasteiger partial charge in [0.1, 0.15) is 12.1 Å². The zero-order valence-electron chi connectivity index (χ0n) is 14.4. The van der Waals surface area contributed by atoms with Crippen LogP contribution < -0.4 is 10.1 Å². The predicted molar refractivity (Wildman–Crippen MR) is 98.4 cm³/mol. The average Bonchev–Trinajstić information content (AvgIpc) is 3.10. The molecule has 2 aromatic carbocycles. The van der Waals surface area contributed by atoms with E-state index in [-0.39, 0.29) is 17.8 Å². The van der Waals surface area contributed by atoms with Gasteiger partial charge in [0.25, 0.3) is 0 Å². The summed E-state index contributed by atoms with van der Waals surface area (Å²) in [5.41, 5.74) is 2.85. The van der Waals surface area contributed by atoms with Gasteiger partial charge < -0.3 is 10.1 Å². The van der Waals surface area contributed by atoms with E-state index >= 15 is 0 Å². The number of hydrogen-bond acceptors (Lipinski definition) is 4. The first kappa shape index (κ1) is 17.7. The molecule has 2 atom stereocenters. The highest BCUT2D eigenvalue weighted by Gasteiger charge is 2.32. The lowest BCUT2D eigenvalue weighted by molar-refractivity contribution is -0.0506. The van der Waals surface area contributed by atoms with Crippen molar-refractivity contribution in [3.8, 4) is 5.75 Å². The van der Waals surface area contributed by atoms with Crippen molar-refractivity contribution in [3.05, 3.63) is 70.5 Å². The Morgan fingerprint density at radius 3 is 2.81 bits per heavy atom. The van der Waals surface area contributed by atoms with Crippen molar-refractivity contribution in [1.29, 1.82) is 0 Å². The van der Waals surface area contributed by atoms with Crippen LogP contribution in [0.3, 0.4) is 0 Å². The van der Waals surface area contributed by atoms with Gasteiger partial charge in [-0.3, -0.25) is 0 Å². The number of hydrogen-bond donors (Lipinski definition) is 1. The van der Waals surface area contributed by atoms with E-state index in [4.69, 9.17) is 16.3 Å². The normalized spacial score (nSPS) is 18.9. The van der Waals surface area contributed by atoms with E-state index in [1.54, 1.807) is 12.1 Å². The summed E-state index contributed by atoms with van der Waals surface area (Å²) in [6, 6.07) is 12.5. The summed E-state index contributed by atoms with van der Waals surface area (Å²) in [7, 11) is 0. The second-order valence-corrected chi connectivity index (χ2v) is 6.83. The van der Waals surface area contributed by atoms with Gasteiger partial charge in [-0.2, -0.15) is 18.9 Å². The van der Waals surface area contributed by atoms with Crippen molar-refractivity contribution in [1.82, 2.24) is 14.8 Å². The van der Waals surface area contributed by atoms with Gasteiger partial charge in [0.15, 0.2) is 0 Å². The number of benzene rings is 2. The number of nitrogens with one attached hydrogen (secondary N) is 1. The van der Waals surface area contributed by atoms with E-state index in [2.05, 4.69) is 15.4 Å². The van der Waals surface area contributed by atoms with E-state index in [1.807, 2.05) is 35.9 Å². The molecule has 0 bridgehead atoms. The van der Waals surface area contributed by atoms with Crippen molar-refractivity contribution in [2.75, 3.05) is 5.32 Å². The number of alkyl halides is 2. The minimum Gasteiger partial charge on any atom is -0.434 e. The second kappa shape index (κ2) is 7.15. The quantitative estimate of drug-likeness (QED) is 0.682. The molecule has 0 spiro atoms. The number of ether oxygens (including phenoxy) is 1. The van der Waals surface area contributed by atoms with Crippen molar-refractivity contribution < 1.29 is 13.5 Å². The molecule has 0 saturated carbocycles. The fraction of sp³-hybridized carbons (Fsp3) is 0.263. The Morgan fingerprint density at radius 1 is 1.22 bits per heavy atom. The molecule has 8 heteroatoms. The van der Waals surface area contributed by atoms with Crippen LogP contribution in [0, 0.1) is 6.92 Å². The molecule has 0 unspecified atom stereocenters. The Balaban J connectivity index is 1.76. The summed E-state index contributed by atoms with van der Waals surface area (Å²) in [5, 5.41) is 7.94. The van der Waals surface area contributed by atoms with Crippen LogP contribution in [-0.2, 0) is 0 Å². The minimum atomic E-state index is -2.93. The van der Waals surface area contributed by atoms with Crippen LogP contribution in [0.5, 0.6) is 5.75 Å². The standard InChI is InChI=1S/C19H17ClF2N4O/c1-11-4-2-3-5-13(11)16-9-15(25-19-23-10-24-26(16)19)14-7-6-12(20)8-17(14)27-18(21)22/h2-8,10,15-16,18H,9H2,1H3,(H,23,24,25)/t15-,16-/m1/s1. The zero-order valence-corrected chi connectivity index (χ0v) is 15.2. The minimum absolute atomic E-state index is 0.0616. The molecule has 4 rings (SSSR count). The molecule has 0 radical (unpaired) electrons. The number of aryl methyl sites for hydroxylation is 1. The first-order valence-corrected chi connectivity index (χ1v) is 8.86. The van der Waals surface area contributed by atoms with Crippen LogP contribution in [0.4, 0.5) is 14.7 Å². The maximum Gasteiger partial charge on any atom is 0.387 e. The van der Waals surface area contributed by atoms with E-state index in [1.165, 1.54) is 12.4 Å². The van der Waals surface area contributed by atoms with Gasteiger partial charge in [0, 0.05) is 10.6 Å². The van der Waals surface area contributed by atoms with E-state index < -0.39 is 6.61 Å². The highest BCUT2D eigenvalue weighted by molar-refractivity contribution is 6.30. The van der Waals surface area contributed by atoms with Crippen LogP contribution in [0.2, 0.25) is 5.02 Å². The van der Waals surface area contributed by atoms with Gasteiger partial charge in [-0.05, 0) is 36.6 Å². The molecule has 5 nitrogen and oxygen atoms in total. The molecule has 1 aliphatic rings. The first-order chi connectivity index (χ1) is 13.0. The Bertz CT molecular complexity index is 962. The fourth-order valence-electron chi connectivity index (χ4n) is 3.54. The molecule has 1 aromatic heterocycles. The SMILES string of the molecule is Cc1ccccc1[C@H]1C[C@H](c2ccc(Cl)cc2OC(F)F)Nc2ncnn21. The molecular weight excluding hydrogens is 374 g/mol. The highest BCUT2D eigenvalue weighted by Crippen LogP contribution is 2.41. The summed E-state index contributed by atoms with van der Waals surface area (Å²) in [5.74, 6) is 0.643. The summed E-state index contributed by atoms with van der Waals surface area (Å²) in [6.07, 6.45) is 2.08. The fourth-order valence-corrected chi connectivity index (χ4v) is 3.70. The molecule has 0 saturated heterocycles. The largest absolute Gasteiger partial charge is 0.434 e. The molecule has 0 fully saturated rings. The van der Waals surface area contributed by atoms with Crippen molar-refractivity contribution in [2.45, 2.75) is 32.0 Å². The highest BCUT2D eigenvalue weighted by atomic mass is 35.5. The third-order valence-corrected chi connectivity index (χ3v) is 4.98. The molecule has 0 aliphatic carbocycles. The number of rotatable bonds is 4. The Labute approximate surface area is 159 Å². The van der Waals surface area contributed by atoms with Crippen LogP contribution in [0.15, 0.2) is 48.8 Å². The molecule has 0 amide bonds. The van der Waals surface area contributed by atoms with E-state index in [0.717, 1.165) is 11.1 Å². The number of fused-ring (bicyclic) bond motifs is 1. The average molecular weight is 391 g/mol. The number of halogens is 3. The molecule has 2 heterocycles. The summed E-state index contributed by atoms with van der Waals surface area (Å²) < 4.78 is 32.3. The lowest BCUT2D eigenvalue weighted by atomic mass is 9.91. The summed E-state index contributed by atoms with van der Waals surface area (Å²) in [6.45, 7) is -0.891. The van der Waals surface area contributed by atoms with Crippen LogP contribution in [0.25, 0.3) is 0 Å². The third-order valence-electron chi connectivity index (χ3n) is 4.75. The van der Waals surface area contributed by atoms with Gasteiger partial charge >= 0.3 is 6.61 Å². The smallest absolute Gasteiger partial charge is 0.387 e. The lowest BCUT2D eigenvalue weighted by Crippen LogP contribution is -2.29. The second-order valence-electron chi connectivity index (χ2n) is 6.39. The molecule has 3 aromatic rings. The number of nitrogens with zero attached hydrogens (tertiary/aromatic N) is 3. The maximum absolute atomic E-state index is 12.9. The number of anilines is 1. The van der Waals surface area contributed by atoms with Gasteiger partial charge in [-0.1, -0.05) is 41.9 Å². The molecular formula is C19H17ClF2N4O. The molecule has 1 aliphatic heterocycles. The van der Waals surface area contributed by atoms with Crippen molar-refractivity contribution in [2.24, 2.45) is 0 Å².